The average Bonchev–Trinajstić information content (AvgIpc) is 2.45. The normalized spacial score (nSPS) is 12.2. The molecule has 0 bridgehead atoms. The van der Waals surface area contributed by atoms with Crippen LogP contribution in [0.15, 0.2) is 24.5 Å². The van der Waals surface area contributed by atoms with E-state index >= 15 is 0 Å². The molecule has 0 aromatic heterocycles. The van der Waals surface area contributed by atoms with E-state index in [0.29, 0.717) is 5.75 Å². The van der Waals surface area contributed by atoms with E-state index in [1.807, 2.05) is 38.7 Å². The molecule has 1 rings (SSSR count). The molecule has 1 aromatic rings. The van der Waals surface area contributed by atoms with Crippen LogP contribution < -0.4 is 4.74 Å². The zero-order chi connectivity index (χ0) is 22.1. The SMILES string of the molecule is C=C(O[Si](C)(C)C)C(=[N+]=[N-])C(=O)Oc1c(C(C)(C)C)cc(C)cc1C(C)(C)C. The van der Waals surface area contributed by atoms with Crippen molar-refractivity contribution in [2.24, 2.45) is 0 Å². The maximum Gasteiger partial charge on any atom is 0.438 e. The Labute approximate surface area is 170 Å². The Bertz CT molecular complexity index is 796. The number of carbonyl (C=O) groups is 1. The van der Waals surface area contributed by atoms with Gasteiger partial charge in [0, 0.05) is 11.1 Å². The lowest BCUT2D eigenvalue weighted by molar-refractivity contribution is -0.131. The van der Waals surface area contributed by atoms with Gasteiger partial charge in [0.25, 0.3) is 0 Å². The zero-order valence-electron chi connectivity index (χ0n) is 19.0. The van der Waals surface area contributed by atoms with Crippen molar-refractivity contribution in [3.63, 3.8) is 0 Å². The van der Waals surface area contributed by atoms with Gasteiger partial charge in [-0.1, -0.05) is 59.2 Å². The van der Waals surface area contributed by atoms with Crippen LogP contribution >= 0.6 is 0 Å². The van der Waals surface area contributed by atoms with Crippen molar-refractivity contribution in [3.8, 4) is 5.75 Å². The van der Waals surface area contributed by atoms with E-state index in [4.69, 9.17) is 9.16 Å². The molecule has 0 atom stereocenters. The number of hydrogen-bond acceptors (Lipinski definition) is 3. The van der Waals surface area contributed by atoms with Crippen molar-refractivity contribution in [2.45, 2.75) is 78.9 Å². The standard InChI is InChI=1S/C22H34N2O3Si/c1-14-12-16(21(3,4)5)19(17(13-14)22(6,7)8)26-20(25)18(24-23)15(2)27-28(9,10)11/h12-13H,2H2,1,3-11H3. The largest absolute Gasteiger partial charge is 0.539 e. The molecule has 6 heteroatoms. The van der Waals surface area contributed by atoms with E-state index in [1.54, 1.807) is 0 Å². The van der Waals surface area contributed by atoms with Gasteiger partial charge in [0.05, 0.1) is 0 Å². The van der Waals surface area contributed by atoms with Crippen LogP contribution in [-0.2, 0) is 20.1 Å². The summed E-state index contributed by atoms with van der Waals surface area (Å²) >= 11 is 0. The van der Waals surface area contributed by atoms with E-state index in [2.05, 4.69) is 52.9 Å². The Morgan fingerprint density at radius 1 is 1.04 bits per heavy atom. The number of esters is 1. The third-order valence-electron chi connectivity index (χ3n) is 4.03. The van der Waals surface area contributed by atoms with Crippen molar-refractivity contribution >= 4 is 20.0 Å². The summed E-state index contributed by atoms with van der Waals surface area (Å²) < 4.78 is 11.5. The molecular formula is C22H34N2O3Si. The Morgan fingerprint density at radius 3 is 1.79 bits per heavy atom. The molecule has 0 amide bonds. The summed E-state index contributed by atoms with van der Waals surface area (Å²) in [5.74, 6) is -0.267. The van der Waals surface area contributed by atoms with Crippen LogP contribution in [0.1, 0.15) is 58.2 Å². The maximum atomic E-state index is 12.9. The van der Waals surface area contributed by atoms with Gasteiger partial charge >= 0.3 is 11.7 Å². The van der Waals surface area contributed by atoms with Gasteiger partial charge in [0.15, 0.2) is 5.76 Å². The molecule has 28 heavy (non-hydrogen) atoms. The molecule has 0 unspecified atom stereocenters. The monoisotopic (exact) mass is 402 g/mol. The van der Waals surface area contributed by atoms with Gasteiger partial charge in [-0.05, 0) is 44.0 Å². The molecule has 0 saturated carbocycles. The summed E-state index contributed by atoms with van der Waals surface area (Å²) in [4.78, 5) is 16.0. The number of nitrogens with zero attached hydrogens (tertiary/aromatic N) is 2. The van der Waals surface area contributed by atoms with Gasteiger partial charge in [-0.2, -0.15) is 4.79 Å². The molecule has 0 N–H and O–H groups in total. The van der Waals surface area contributed by atoms with Crippen LogP contribution in [0.25, 0.3) is 5.53 Å². The smallest absolute Gasteiger partial charge is 0.438 e. The number of benzene rings is 1. The Hall–Kier alpha value is -2.17. The molecule has 0 heterocycles. The van der Waals surface area contributed by atoms with Gasteiger partial charge in [-0.15, -0.1) is 0 Å². The quantitative estimate of drug-likeness (QED) is 0.124. The molecule has 154 valence electrons. The van der Waals surface area contributed by atoms with Crippen molar-refractivity contribution in [1.29, 1.82) is 0 Å². The van der Waals surface area contributed by atoms with Gasteiger partial charge < -0.3 is 14.7 Å². The van der Waals surface area contributed by atoms with Crippen molar-refractivity contribution < 1.29 is 18.7 Å². The molecule has 0 spiro atoms. The van der Waals surface area contributed by atoms with E-state index in [9.17, 15) is 10.3 Å². The minimum absolute atomic E-state index is 0.0217. The summed E-state index contributed by atoms with van der Waals surface area (Å²) in [7, 11) is -2.03. The lowest BCUT2D eigenvalue weighted by Crippen LogP contribution is -2.32. The minimum atomic E-state index is -2.03. The second-order valence-corrected chi connectivity index (χ2v) is 14.6. The highest BCUT2D eigenvalue weighted by Gasteiger charge is 2.35. The highest BCUT2D eigenvalue weighted by atomic mass is 28.4. The van der Waals surface area contributed by atoms with Crippen LogP contribution in [0.2, 0.25) is 19.6 Å². The number of rotatable bonds is 5. The van der Waals surface area contributed by atoms with Crippen LogP contribution in [0.5, 0.6) is 5.75 Å². The molecular weight excluding hydrogens is 368 g/mol. The Morgan fingerprint density at radius 2 is 1.46 bits per heavy atom. The molecule has 1 aromatic carbocycles. The number of aryl methyl sites for hydroxylation is 1. The van der Waals surface area contributed by atoms with E-state index in [0.717, 1.165) is 16.7 Å². The first-order chi connectivity index (χ1) is 12.5. The molecule has 0 saturated heterocycles. The molecule has 0 aliphatic rings. The highest BCUT2D eigenvalue weighted by molar-refractivity contribution is 6.70. The highest BCUT2D eigenvalue weighted by Crippen LogP contribution is 2.40. The fourth-order valence-electron chi connectivity index (χ4n) is 2.77. The summed E-state index contributed by atoms with van der Waals surface area (Å²) in [6, 6.07) is 4.06. The summed E-state index contributed by atoms with van der Waals surface area (Å²) in [5, 5.41) is 0. The average molecular weight is 403 g/mol. The third-order valence-corrected chi connectivity index (χ3v) is 4.89. The van der Waals surface area contributed by atoms with Gasteiger partial charge in [0.2, 0.25) is 8.32 Å². The molecule has 0 aliphatic carbocycles. The fourth-order valence-corrected chi connectivity index (χ4v) is 3.60. The molecule has 5 nitrogen and oxygen atoms in total. The first-order valence-electron chi connectivity index (χ1n) is 9.45. The van der Waals surface area contributed by atoms with Crippen LogP contribution in [0, 0.1) is 6.92 Å². The van der Waals surface area contributed by atoms with Crippen LogP contribution in [0.4, 0.5) is 0 Å². The number of hydrogen-bond donors (Lipinski definition) is 0. The molecule has 0 radical (unpaired) electrons. The van der Waals surface area contributed by atoms with Gasteiger partial charge in [0.1, 0.15) is 5.75 Å². The second-order valence-electron chi connectivity index (χ2n) is 10.2. The second kappa shape index (κ2) is 8.06. The Kier molecular flexibility index (Phi) is 6.87. The van der Waals surface area contributed by atoms with Crippen LogP contribution in [-0.4, -0.2) is 24.8 Å². The van der Waals surface area contributed by atoms with Crippen molar-refractivity contribution in [2.75, 3.05) is 0 Å². The topological polar surface area (TPSA) is 71.9 Å². The molecule has 0 fully saturated rings. The maximum absolute atomic E-state index is 12.9. The fraction of sp³-hybridized carbons (Fsp3) is 0.545. The zero-order valence-corrected chi connectivity index (χ0v) is 20.0. The van der Waals surface area contributed by atoms with Gasteiger partial charge in [-0.3, -0.25) is 0 Å². The van der Waals surface area contributed by atoms with Crippen molar-refractivity contribution in [1.82, 2.24) is 0 Å². The first-order valence-corrected chi connectivity index (χ1v) is 12.9. The Balaban J connectivity index is 3.50. The van der Waals surface area contributed by atoms with E-state index < -0.39 is 14.3 Å². The lowest BCUT2D eigenvalue weighted by Gasteiger charge is -2.29. The molecule has 0 aliphatic heterocycles. The van der Waals surface area contributed by atoms with E-state index in [-0.39, 0.29) is 22.3 Å². The first kappa shape index (κ1) is 23.9. The minimum Gasteiger partial charge on any atom is -0.539 e. The number of ether oxygens (including phenoxy) is 1. The van der Waals surface area contributed by atoms with Crippen molar-refractivity contribution in [3.05, 3.63) is 46.7 Å². The summed E-state index contributed by atoms with van der Waals surface area (Å²) in [5.41, 5.74) is 11.5. The lowest BCUT2D eigenvalue weighted by atomic mass is 9.78. The van der Waals surface area contributed by atoms with Gasteiger partial charge in [-0.25, -0.2) is 4.79 Å². The third kappa shape index (κ3) is 6.18. The van der Waals surface area contributed by atoms with E-state index in [1.165, 1.54) is 0 Å². The predicted molar refractivity (Wildman–Crippen MR) is 116 cm³/mol. The number of carbonyl (C=O) groups excluding carboxylic acids is 1. The summed E-state index contributed by atoms with van der Waals surface area (Å²) in [6.45, 7) is 24.1. The summed E-state index contributed by atoms with van der Waals surface area (Å²) in [6.07, 6.45) is 0. The van der Waals surface area contributed by atoms with Crippen LogP contribution in [0.3, 0.4) is 0 Å². The predicted octanol–water partition coefficient (Wildman–Crippen LogP) is 5.53.